The second-order valence-corrected chi connectivity index (χ2v) is 5.01. The molecular weight excluding hydrogens is 304 g/mol. The van der Waals surface area contributed by atoms with E-state index in [-0.39, 0.29) is 18.0 Å². The highest BCUT2D eigenvalue weighted by atomic mass is 16.6. The molecule has 0 unspecified atom stereocenters. The molecule has 0 amide bonds. The van der Waals surface area contributed by atoms with Crippen LogP contribution in [0.3, 0.4) is 0 Å². The lowest BCUT2D eigenvalue weighted by molar-refractivity contribution is -0.138. The Labute approximate surface area is 136 Å². The van der Waals surface area contributed by atoms with Crippen LogP contribution in [0.4, 0.5) is 0 Å². The van der Waals surface area contributed by atoms with Crippen molar-refractivity contribution in [2.24, 2.45) is 33.8 Å². The molecule has 0 rings (SSSR count). The fourth-order valence-corrected chi connectivity index (χ4v) is 1.15. The summed E-state index contributed by atoms with van der Waals surface area (Å²) in [4.78, 5) is 16.5. The zero-order valence-electron chi connectivity index (χ0n) is 13.7. The van der Waals surface area contributed by atoms with E-state index in [9.17, 15) is 4.79 Å². The molecule has 23 heavy (non-hydrogen) atoms. The van der Waals surface area contributed by atoms with Crippen molar-refractivity contribution in [2.45, 2.75) is 38.3 Å². The monoisotopic (exact) mass is 334 g/mol. The van der Waals surface area contributed by atoms with Crippen LogP contribution in [0.5, 0.6) is 0 Å². The van der Waals surface area contributed by atoms with Crippen molar-refractivity contribution in [3.63, 3.8) is 0 Å². The van der Waals surface area contributed by atoms with Gasteiger partial charge in [0.15, 0.2) is 5.96 Å². The number of aliphatic carboxylic acids is 1. The summed E-state index contributed by atoms with van der Waals surface area (Å²) in [6.45, 7) is 2.89. The Balaban J connectivity index is 0. The van der Waals surface area contributed by atoms with E-state index >= 15 is 0 Å². The Kier molecular flexibility index (Phi) is 13.4. The van der Waals surface area contributed by atoms with Crippen LogP contribution in [-0.4, -0.2) is 60.2 Å². The average molecular weight is 334 g/mol. The molecule has 0 radical (unpaired) electrons. The van der Waals surface area contributed by atoms with Crippen molar-refractivity contribution >= 4 is 17.9 Å². The first kappa shape index (κ1) is 23.0. The molecule has 0 heterocycles. The minimum Gasteiger partial charge on any atom is -0.480 e. The van der Waals surface area contributed by atoms with Gasteiger partial charge in [-0.3, -0.25) is 10.2 Å². The largest absolute Gasteiger partial charge is 0.480 e. The predicted molar refractivity (Wildman–Crippen MR) is 89.4 cm³/mol. The van der Waals surface area contributed by atoms with Crippen LogP contribution in [0.2, 0.25) is 0 Å². The maximum absolute atomic E-state index is 10.3. The summed E-state index contributed by atoms with van der Waals surface area (Å²) >= 11 is 0. The molecular formula is C12H30N8O3. The molecule has 0 saturated heterocycles. The van der Waals surface area contributed by atoms with E-state index in [1.54, 1.807) is 7.05 Å². The van der Waals surface area contributed by atoms with Crippen LogP contribution in [0, 0.1) is 5.41 Å². The highest BCUT2D eigenvalue weighted by Gasteiger charge is 2.10. The number of carboxylic acid groups (broad SMARTS) is 1. The minimum atomic E-state index is -0.995. The minimum absolute atomic E-state index is 0.0242. The fourth-order valence-electron chi connectivity index (χ4n) is 1.15. The van der Waals surface area contributed by atoms with E-state index in [1.807, 2.05) is 6.92 Å². The number of nitrogens with two attached hydrogens (primary N) is 5. The molecule has 0 bridgehead atoms. The lowest BCUT2D eigenvalue weighted by Crippen LogP contribution is -2.35. The normalized spacial score (nSPS) is 12.2. The zero-order chi connectivity index (χ0) is 18.4. The third-order valence-electron chi connectivity index (χ3n) is 2.57. The third-order valence-corrected chi connectivity index (χ3v) is 2.57. The van der Waals surface area contributed by atoms with E-state index in [4.69, 9.17) is 39.2 Å². The van der Waals surface area contributed by atoms with Crippen LogP contribution in [0.15, 0.2) is 5.16 Å². The van der Waals surface area contributed by atoms with Crippen molar-refractivity contribution in [3.05, 3.63) is 0 Å². The Morgan fingerprint density at radius 3 is 2.26 bits per heavy atom. The third kappa shape index (κ3) is 17.7. The molecule has 0 aliphatic carbocycles. The second kappa shape index (κ2) is 13.4. The second-order valence-electron chi connectivity index (χ2n) is 5.01. The van der Waals surface area contributed by atoms with Crippen LogP contribution in [0.1, 0.15) is 26.2 Å². The highest BCUT2D eigenvalue weighted by Crippen LogP contribution is 1.96. The standard InChI is InChI=1S/C7H16N4O2.C5H14N4O/c1-11(7(9)10)4-2-3-5(8)6(12)13;1-4(6)2-3-10-9-5(7)8/h5H,2-4,8H2,1H3,(H3,9,10)(H,12,13);4H,2-3,6H2,1H3,(H4,7,8,9)/t5-;4-/m01/s1. The molecule has 0 aliphatic rings. The molecule has 136 valence electrons. The quantitative estimate of drug-likeness (QED) is 0.106. The van der Waals surface area contributed by atoms with Gasteiger partial charge in [-0.25, -0.2) is 0 Å². The Bertz CT molecular complexity index is 351. The number of carbonyl (C=O) groups is 1. The molecule has 0 aromatic carbocycles. The van der Waals surface area contributed by atoms with E-state index in [1.165, 1.54) is 4.90 Å². The predicted octanol–water partition coefficient (Wildman–Crippen LogP) is -2.07. The molecule has 0 spiro atoms. The lowest BCUT2D eigenvalue weighted by Gasteiger charge is -2.16. The number of carboxylic acids is 1. The number of nitrogens with zero attached hydrogens (tertiary/aromatic N) is 2. The molecule has 0 aromatic heterocycles. The van der Waals surface area contributed by atoms with Gasteiger partial charge in [0.1, 0.15) is 12.6 Å². The smallest absolute Gasteiger partial charge is 0.320 e. The Morgan fingerprint density at radius 2 is 1.87 bits per heavy atom. The SMILES string of the molecule is CN(CCC[C@H](N)C(=O)O)C(=N)N.C[C@@H](N)CCON=C(N)N. The van der Waals surface area contributed by atoms with Crippen molar-refractivity contribution < 1.29 is 14.7 Å². The van der Waals surface area contributed by atoms with Crippen molar-refractivity contribution in [1.82, 2.24) is 4.90 Å². The first-order chi connectivity index (χ1) is 10.6. The molecule has 11 nitrogen and oxygen atoms in total. The fraction of sp³-hybridized carbons (Fsp3) is 0.750. The molecule has 2 atom stereocenters. The first-order valence-corrected chi connectivity index (χ1v) is 7.07. The van der Waals surface area contributed by atoms with Gasteiger partial charge in [0.2, 0.25) is 5.96 Å². The van der Waals surface area contributed by atoms with Gasteiger partial charge >= 0.3 is 5.97 Å². The summed E-state index contributed by atoms with van der Waals surface area (Å²) in [6.07, 6.45) is 1.76. The number of rotatable bonds is 9. The number of hydrogen-bond donors (Lipinski definition) is 7. The summed E-state index contributed by atoms with van der Waals surface area (Å²) < 4.78 is 0. The lowest BCUT2D eigenvalue weighted by atomic mass is 10.1. The molecule has 12 N–H and O–H groups in total. The van der Waals surface area contributed by atoms with Gasteiger partial charge in [0.05, 0.1) is 0 Å². The topological polar surface area (TPSA) is 216 Å². The molecule has 0 saturated carbocycles. The van der Waals surface area contributed by atoms with E-state index in [0.717, 1.165) is 6.42 Å². The number of hydrogen-bond acceptors (Lipinski definition) is 6. The number of guanidine groups is 2. The first-order valence-electron chi connectivity index (χ1n) is 7.07. The van der Waals surface area contributed by atoms with Crippen LogP contribution in [-0.2, 0) is 9.63 Å². The summed E-state index contributed by atoms with van der Waals surface area (Å²) in [6, 6.07) is -0.699. The van der Waals surface area contributed by atoms with Crippen molar-refractivity contribution in [2.75, 3.05) is 20.2 Å². The van der Waals surface area contributed by atoms with E-state index < -0.39 is 12.0 Å². The van der Waals surface area contributed by atoms with Crippen LogP contribution >= 0.6 is 0 Å². The summed E-state index contributed by atoms with van der Waals surface area (Å²) in [5.74, 6) is -1.08. The molecule has 0 fully saturated rings. The number of oxime groups is 1. The highest BCUT2D eigenvalue weighted by molar-refractivity contribution is 5.75. The maximum atomic E-state index is 10.3. The van der Waals surface area contributed by atoms with Crippen molar-refractivity contribution in [3.8, 4) is 0 Å². The van der Waals surface area contributed by atoms with Crippen molar-refractivity contribution in [1.29, 1.82) is 5.41 Å². The summed E-state index contributed by atoms with van der Waals surface area (Å²) in [5, 5.41) is 18.8. The van der Waals surface area contributed by atoms with Gasteiger partial charge in [-0.1, -0.05) is 0 Å². The summed E-state index contributed by atoms with van der Waals surface area (Å²) in [7, 11) is 1.68. The van der Waals surface area contributed by atoms with Gasteiger partial charge in [-0.05, 0) is 31.3 Å². The van der Waals surface area contributed by atoms with Gasteiger partial charge in [-0.15, -0.1) is 0 Å². The van der Waals surface area contributed by atoms with Crippen LogP contribution < -0.4 is 28.7 Å². The Hall–Kier alpha value is -2.27. The molecule has 11 heteroatoms. The van der Waals surface area contributed by atoms with Gasteiger partial charge in [0, 0.05) is 19.6 Å². The van der Waals surface area contributed by atoms with Gasteiger partial charge in [-0.2, -0.15) is 0 Å². The Morgan fingerprint density at radius 1 is 1.30 bits per heavy atom. The maximum Gasteiger partial charge on any atom is 0.320 e. The average Bonchev–Trinajstić information content (AvgIpc) is 2.43. The molecule has 0 aliphatic heterocycles. The summed E-state index contributed by atoms with van der Waals surface area (Å²) in [5.41, 5.74) is 25.8. The number of nitrogens with one attached hydrogen (secondary N) is 1. The van der Waals surface area contributed by atoms with Crippen LogP contribution in [0.25, 0.3) is 0 Å². The van der Waals surface area contributed by atoms with Gasteiger partial charge < -0.3 is 43.5 Å². The van der Waals surface area contributed by atoms with E-state index in [0.29, 0.717) is 26.0 Å². The zero-order valence-corrected chi connectivity index (χ0v) is 13.7. The van der Waals surface area contributed by atoms with E-state index in [2.05, 4.69) is 9.99 Å². The molecule has 0 aromatic rings. The van der Waals surface area contributed by atoms with Gasteiger partial charge in [0.25, 0.3) is 0 Å².